The minimum atomic E-state index is 0.222. The minimum absolute atomic E-state index is 0.222. The number of hydrogen-bond acceptors (Lipinski definition) is 3. The molecule has 1 N–H and O–H groups in total. The highest BCUT2D eigenvalue weighted by molar-refractivity contribution is 6.31. The third kappa shape index (κ3) is 3.63. The first-order valence-electron chi connectivity index (χ1n) is 7.36. The highest BCUT2D eigenvalue weighted by atomic mass is 35.5. The van der Waals surface area contributed by atoms with Crippen LogP contribution in [-0.2, 0) is 13.5 Å². The molecule has 0 spiro atoms. The molecule has 0 aromatic carbocycles. The summed E-state index contributed by atoms with van der Waals surface area (Å²) >= 11 is 6.40. The van der Waals surface area contributed by atoms with E-state index < -0.39 is 0 Å². The first-order chi connectivity index (χ1) is 10.0. The van der Waals surface area contributed by atoms with Gasteiger partial charge < -0.3 is 5.32 Å². The van der Waals surface area contributed by atoms with E-state index in [4.69, 9.17) is 11.6 Å². The van der Waals surface area contributed by atoms with Crippen molar-refractivity contribution in [2.24, 2.45) is 7.05 Å². The summed E-state index contributed by atoms with van der Waals surface area (Å²) in [6.45, 7) is 7.18. The van der Waals surface area contributed by atoms with Crippen LogP contribution in [0.2, 0.25) is 5.02 Å². The van der Waals surface area contributed by atoms with E-state index in [0.29, 0.717) is 0 Å². The standard InChI is InChI=1S/C16H23ClN4/c1-5-7-19-14(13-6-8-18-10-11(13)2)9-15-16(17)12(3)20-21(15)4/h6,8,10,14,19H,5,7,9H2,1-4H3. The van der Waals surface area contributed by atoms with Crippen LogP contribution in [0.25, 0.3) is 0 Å². The van der Waals surface area contributed by atoms with Crippen molar-refractivity contribution in [2.45, 2.75) is 39.7 Å². The molecule has 2 heterocycles. The number of rotatable bonds is 6. The van der Waals surface area contributed by atoms with E-state index in [1.165, 1.54) is 11.1 Å². The van der Waals surface area contributed by atoms with Crippen molar-refractivity contribution >= 4 is 11.6 Å². The molecule has 2 rings (SSSR count). The van der Waals surface area contributed by atoms with Gasteiger partial charge in [0.2, 0.25) is 0 Å². The summed E-state index contributed by atoms with van der Waals surface area (Å²) in [5.74, 6) is 0. The lowest BCUT2D eigenvalue weighted by molar-refractivity contribution is 0.510. The van der Waals surface area contributed by atoms with Crippen molar-refractivity contribution in [1.82, 2.24) is 20.1 Å². The van der Waals surface area contributed by atoms with Gasteiger partial charge in [0.25, 0.3) is 0 Å². The van der Waals surface area contributed by atoms with Crippen LogP contribution in [0.5, 0.6) is 0 Å². The van der Waals surface area contributed by atoms with Gasteiger partial charge in [-0.3, -0.25) is 9.67 Å². The molecule has 0 saturated heterocycles. The average Bonchev–Trinajstić information content (AvgIpc) is 2.70. The maximum Gasteiger partial charge on any atom is 0.0847 e. The van der Waals surface area contributed by atoms with Gasteiger partial charge in [0, 0.05) is 31.9 Å². The van der Waals surface area contributed by atoms with Gasteiger partial charge >= 0.3 is 0 Å². The highest BCUT2D eigenvalue weighted by Gasteiger charge is 2.19. The SMILES string of the molecule is CCCNC(Cc1c(Cl)c(C)nn1C)c1ccncc1C. The summed E-state index contributed by atoms with van der Waals surface area (Å²) in [6.07, 6.45) is 5.67. The van der Waals surface area contributed by atoms with Gasteiger partial charge in [-0.25, -0.2) is 0 Å². The van der Waals surface area contributed by atoms with Crippen LogP contribution in [-0.4, -0.2) is 21.3 Å². The van der Waals surface area contributed by atoms with Crippen LogP contribution in [0.3, 0.4) is 0 Å². The number of nitrogens with one attached hydrogen (secondary N) is 1. The fraction of sp³-hybridized carbons (Fsp3) is 0.500. The zero-order valence-corrected chi connectivity index (χ0v) is 13.9. The Morgan fingerprint density at radius 1 is 1.38 bits per heavy atom. The quantitative estimate of drug-likeness (QED) is 0.890. The molecular formula is C16H23ClN4. The predicted molar refractivity (Wildman–Crippen MR) is 86.7 cm³/mol. The number of nitrogens with zero attached hydrogens (tertiary/aromatic N) is 3. The monoisotopic (exact) mass is 306 g/mol. The van der Waals surface area contributed by atoms with Crippen LogP contribution in [0.1, 0.15) is 41.9 Å². The minimum Gasteiger partial charge on any atom is -0.310 e. The van der Waals surface area contributed by atoms with Gasteiger partial charge in [-0.2, -0.15) is 5.10 Å². The zero-order valence-electron chi connectivity index (χ0n) is 13.2. The number of aryl methyl sites for hydroxylation is 3. The van der Waals surface area contributed by atoms with Gasteiger partial charge in [0.1, 0.15) is 0 Å². The average molecular weight is 307 g/mol. The Bertz CT molecular complexity index is 606. The Morgan fingerprint density at radius 2 is 2.14 bits per heavy atom. The van der Waals surface area contributed by atoms with Crippen molar-refractivity contribution in [2.75, 3.05) is 6.54 Å². The molecule has 1 atom stereocenters. The maximum absolute atomic E-state index is 6.40. The van der Waals surface area contributed by atoms with Gasteiger partial charge in [0.15, 0.2) is 0 Å². The molecule has 0 aliphatic carbocycles. The van der Waals surface area contributed by atoms with Crippen molar-refractivity contribution in [3.63, 3.8) is 0 Å². The number of hydrogen-bond donors (Lipinski definition) is 1. The van der Waals surface area contributed by atoms with Gasteiger partial charge in [-0.05, 0) is 44.0 Å². The number of aromatic nitrogens is 3. The van der Waals surface area contributed by atoms with Gasteiger partial charge in [0.05, 0.1) is 16.4 Å². The van der Waals surface area contributed by atoms with Gasteiger partial charge in [-0.1, -0.05) is 18.5 Å². The first-order valence-corrected chi connectivity index (χ1v) is 7.74. The lowest BCUT2D eigenvalue weighted by atomic mass is 9.98. The van der Waals surface area contributed by atoms with E-state index in [0.717, 1.165) is 35.8 Å². The van der Waals surface area contributed by atoms with Crippen molar-refractivity contribution in [3.8, 4) is 0 Å². The molecule has 2 aromatic rings. The molecule has 0 fully saturated rings. The Hall–Kier alpha value is -1.39. The predicted octanol–water partition coefficient (Wildman–Crippen LogP) is 3.37. The molecule has 5 heteroatoms. The fourth-order valence-corrected chi connectivity index (χ4v) is 2.82. The summed E-state index contributed by atoms with van der Waals surface area (Å²) < 4.78 is 1.88. The topological polar surface area (TPSA) is 42.7 Å². The maximum atomic E-state index is 6.40. The fourth-order valence-electron chi connectivity index (χ4n) is 2.58. The third-order valence-corrected chi connectivity index (χ3v) is 4.23. The van der Waals surface area contributed by atoms with Crippen LogP contribution in [0, 0.1) is 13.8 Å². The third-order valence-electron chi connectivity index (χ3n) is 3.74. The van der Waals surface area contributed by atoms with E-state index in [9.17, 15) is 0 Å². The summed E-state index contributed by atoms with van der Waals surface area (Å²) in [5, 5.41) is 8.79. The van der Waals surface area contributed by atoms with E-state index in [1.807, 2.05) is 31.0 Å². The highest BCUT2D eigenvalue weighted by Crippen LogP contribution is 2.26. The van der Waals surface area contributed by atoms with E-state index in [2.05, 4.69) is 35.3 Å². The number of halogens is 1. The van der Waals surface area contributed by atoms with Crippen LogP contribution >= 0.6 is 11.6 Å². The summed E-state index contributed by atoms with van der Waals surface area (Å²) in [7, 11) is 1.95. The Kier molecular flexibility index (Phi) is 5.37. The molecule has 0 bridgehead atoms. The van der Waals surface area contributed by atoms with Crippen molar-refractivity contribution in [3.05, 3.63) is 46.0 Å². The second-order valence-corrected chi connectivity index (χ2v) is 5.79. The first kappa shape index (κ1) is 16.0. The van der Waals surface area contributed by atoms with Crippen LogP contribution in [0.4, 0.5) is 0 Å². The van der Waals surface area contributed by atoms with Crippen LogP contribution in [0.15, 0.2) is 18.5 Å². The molecule has 4 nitrogen and oxygen atoms in total. The zero-order chi connectivity index (χ0) is 15.4. The molecule has 0 aliphatic rings. The van der Waals surface area contributed by atoms with E-state index in [-0.39, 0.29) is 6.04 Å². The molecule has 21 heavy (non-hydrogen) atoms. The summed E-state index contributed by atoms with van der Waals surface area (Å²) in [4.78, 5) is 4.18. The molecule has 114 valence electrons. The van der Waals surface area contributed by atoms with Gasteiger partial charge in [-0.15, -0.1) is 0 Å². The normalized spacial score (nSPS) is 12.6. The van der Waals surface area contributed by atoms with Crippen molar-refractivity contribution < 1.29 is 0 Å². The second-order valence-electron chi connectivity index (χ2n) is 5.41. The largest absolute Gasteiger partial charge is 0.310 e. The summed E-state index contributed by atoms with van der Waals surface area (Å²) in [5.41, 5.74) is 4.42. The van der Waals surface area contributed by atoms with Crippen LogP contribution < -0.4 is 5.32 Å². The van der Waals surface area contributed by atoms with E-state index >= 15 is 0 Å². The van der Waals surface area contributed by atoms with E-state index in [1.54, 1.807) is 0 Å². The molecule has 0 radical (unpaired) electrons. The molecule has 2 aromatic heterocycles. The second kappa shape index (κ2) is 7.05. The smallest absolute Gasteiger partial charge is 0.0847 e. The molecule has 1 unspecified atom stereocenters. The summed E-state index contributed by atoms with van der Waals surface area (Å²) in [6, 6.07) is 2.31. The molecule has 0 saturated carbocycles. The Morgan fingerprint density at radius 3 is 2.71 bits per heavy atom. The van der Waals surface area contributed by atoms with Crippen molar-refractivity contribution in [1.29, 1.82) is 0 Å². The number of pyridine rings is 1. The Labute approximate surface area is 131 Å². The molecular weight excluding hydrogens is 284 g/mol. The lowest BCUT2D eigenvalue weighted by Crippen LogP contribution is -2.25. The Balaban J connectivity index is 2.31. The molecule has 0 aliphatic heterocycles. The molecule has 0 amide bonds. The lowest BCUT2D eigenvalue weighted by Gasteiger charge is -2.21.